The Morgan fingerprint density at radius 3 is 2.79 bits per heavy atom. The molecule has 0 radical (unpaired) electrons. The molecule has 0 bridgehead atoms. The van der Waals surface area contributed by atoms with Gasteiger partial charge in [-0.05, 0) is 50.7 Å². The number of benzene rings is 1. The standard InChI is InChI=1S/C22H25N3O2S2/c1-3-25-21(27)18-16-11-7-8-12-17(16)29-20(18)24-22(25)28-14(2)19(26)23-13-15-9-5-4-6-10-15/h4-6,9-10,14H,3,7-8,11-13H2,1-2H3,(H,23,26). The molecule has 3 aromatic rings. The molecule has 1 aliphatic rings. The van der Waals surface area contributed by atoms with Gasteiger partial charge < -0.3 is 5.32 Å². The summed E-state index contributed by atoms with van der Waals surface area (Å²) in [5, 5.41) is 4.07. The second-order valence-electron chi connectivity index (χ2n) is 7.30. The number of carbonyl (C=O) groups is 1. The van der Waals surface area contributed by atoms with E-state index >= 15 is 0 Å². The first-order valence-electron chi connectivity index (χ1n) is 10.1. The van der Waals surface area contributed by atoms with Gasteiger partial charge in [0.1, 0.15) is 4.83 Å². The number of aromatic nitrogens is 2. The maximum atomic E-state index is 13.2. The third-order valence-electron chi connectivity index (χ3n) is 5.32. The van der Waals surface area contributed by atoms with Crippen molar-refractivity contribution in [3.05, 3.63) is 56.7 Å². The van der Waals surface area contributed by atoms with Gasteiger partial charge in [-0.2, -0.15) is 0 Å². The highest BCUT2D eigenvalue weighted by atomic mass is 32.2. The number of hydrogen-bond donors (Lipinski definition) is 1. The van der Waals surface area contributed by atoms with Crippen LogP contribution in [0.5, 0.6) is 0 Å². The number of amides is 1. The summed E-state index contributed by atoms with van der Waals surface area (Å²) in [5.74, 6) is -0.0543. The molecule has 0 spiro atoms. The molecule has 1 aliphatic carbocycles. The zero-order valence-electron chi connectivity index (χ0n) is 16.7. The largest absolute Gasteiger partial charge is 0.351 e. The van der Waals surface area contributed by atoms with Crippen LogP contribution in [0, 0.1) is 0 Å². The first-order valence-corrected chi connectivity index (χ1v) is 11.8. The van der Waals surface area contributed by atoms with Gasteiger partial charge in [-0.1, -0.05) is 42.1 Å². The van der Waals surface area contributed by atoms with Crippen LogP contribution in [0.3, 0.4) is 0 Å². The van der Waals surface area contributed by atoms with Crippen molar-refractivity contribution in [3.63, 3.8) is 0 Å². The quantitative estimate of drug-likeness (QED) is 0.474. The molecule has 1 unspecified atom stereocenters. The number of nitrogens with one attached hydrogen (secondary N) is 1. The van der Waals surface area contributed by atoms with Gasteiger partial charge in [0.05, 0.1) is 10.6 Å². The van der Waals surface area contributed by atoms with E-state index in [1.54, 1.807) is 15.9 Å². The third kappa shape index (κ3) is 4.12. The fraction of sp³-hybridized carbons (Fsp3) is 0.409. The minimum Gasteiger partial charge on any atom is -0.351 e. The van der Waals surface area contributed by atoms with E-state index in [1.165, 1.54) is 28.6 Å². The highest BCUT2D eigenvalue weighted by Crippen LogP contribution is 2.35. The number of rotatable bonds is 6. The van der Waals surface area contributed by atoms with Gasteiger partial charge in [-0.3, -0.25) is 14.2 Å². The molecule has 0 saturated heterocycles. The molecule has 0 aliphatic heterocycles. The van der Waals surface area contributed by atoms with E-state index in [9.17, 15) is 9.59 Å². The lowest BCUT2D eigenvalue weighted by atomic mass is 9.97. The first-order chi connectivity index (χ1) is 14.1. The first kappa shape index (κ1) is 20.2. The van der Waals surface area contributed by atoms with Crippen molar-refractivity contribution in [2.45, 2.75) is 63.0 Å². The fourth-order valence-electron chi connectivity index (χ4n) is 3.73. The summed E-state index contributed by atoms with van der Waals surface area (Å²) in [7, 11) is 0. The molecule has 29 heavy (non-hydrogen) atoms. The van der Waals surface area contributed by atoms with Crippen LogP contribution in [-0.2, 0) is 30.7 Å². The summed E-state index contributed by atoms with van der Waals surface area (Å²) in [4.78, 5) is 32.7. The molecule has 152 valence electrons. The van der Waals surface area contributed by atoms with Gasteiger partial charge in [0.15, 0.2) is 5.16 Å². The lowest BCUT2D eigenvalue weighted by Gasteiger charge is -2.15. The maximum Gasteiger partial charge on any atom is 0.263 e. The smallest absolute Gasteiger partial charge is 0.263 e. The Hall–Kier alpha value is -2.12. The molecule has 0 saturated carbocycles. The average Bonchev–Trinajstić information content (AvgIpc) is 3.11. The Morgan fingerprint density at radius 1 is 1.28 bits per heavy atom. The molecule has 1 amide bonds. The second-order valence-corrected chi connectivity index (χ2v) is 9.69. The Labute approximate surface area is 178 Å². The monoisotopic (exact) mass is 427 g/mol. The van der Waals surface area contributed by atoms with Crippen molar-refractivity contribution in [1.29, 1.82) is 0 Å². The number of nitrogens with zero attached hydrogens (tertiary/aromatic N) is 2. The predicted molar refractivity (Wildman–Crippen MR) is 120 cm³/mol. The van der Waals surface area contributed by atoms with E-state index in [4.69, 9.17) is 4.98 Å². The van der Waals surface area contributed by atoms with Gasteiger partial charge in [0.25, 0.3) is 5.56 Å². The van der Waals surface area contributed by atoms with Gasteiger partial charge in [-0.15, -0.1) is 11.3 Å². The van der Waals surface area contributed by atoms with Crippen LogP contribution in [0.2, 0.25) is 0 Å². The lowest BCUT2D eigenvalue weighted by molar-refractivity contribution is -0.120. The van der Waals surface area contributed by atoms with E-state index in [1.807, 2.05) is 44.2 Å². The zero-order chi connectivity index (χ0) is 20.4. The number of fused-ring (bicyclic) bond motifs is 3. The number of aryl methyl sites for hydroxylation is 2. The minimum atomic E-state index is -0.338. The van der Waals surface area contributed by atoms with Crippen LogP contribution in [0.4, 0.5) is 0 Å². The van der Waals surface area contributed by atoms with E-state index < -0.39 is 0 Å². The molecule has 1 aromatic carbocycles. The molecule has 2 aromatic heterocycles. The van der Waals surface area contributed by atoms with Crippen molar-refractivity contribution in [3.8, 4) is 0 Å². The second kappa shape index (κ2) is 8.71. The van der Waals surface area contributed by atoms with Crippen molar-refractivity contribution in [2.24, 2.45) is 0 Å². The summed E-state index contributed by atoms with van der Waals surface area (Å²) in [6.45, 7) is 4.86. The minimum absolute atomic E-state index is 0.0382. The van der Waals surface area contributed by atoms with E-state index in [2.05, 4.69) is 5.32 Å². The summed E-state index contributed by atoms with van der Waals surface area (Å²) in [5.41, 5.74) is 2.31. The molecule has 2 heterocycles. The van der Waals surface area contributed by atoms with E-state index in [-0.39, 0.29) is 16.7 Å². The Morgan fingerprint density at radius 2 is 2.03 bits per heavy atom. The van der Waals surface area contributed by atoms with Crippen LogP contribution < -0.4 is 10.9 Å². The third-order valence-corrected chi connectivity index (χ3v) is 7.59. The fourth-order valence-corrected chi connectivity index (χ4v) is 6.03. The van der Waals surface area contributed by atoms with Crippen LogP contribution in [0.15, 0.2) is 40.3 Å². The van der Waals surface area contributed by atoms with Crippen molar-refractivity contribution in [2.75, 3.05) is 0 Å². The number of carbonyl (C=O) groups excluding carboxylic acids is 1. The highest BCUT2D eigenvalue weighted by molar-refractivity contribution is 8.00. The van der Waals surface area contributed by atoms with Crippen molar-refractivity contribution in [1.82, 2.24) is 14.9 Å². The summed E-state index contributed by atoms with van der Waals surface area (Å²) < 4.78 is 1.72. The SMILES string of the molecule is CCn1c(SC(C)C(=O)NCc2ccccc2)nc2sc3c(c2c1=O)CCCC3. The topological polar surface area (TPSA) is 64.0 Å². The van der Waals surface area contributed by atoms with Crippen LogP contribution in [0.1, 0.15) is 42.7 Å². The molecule has 7 heteroatoms. The molecular formula is C22H25N3O2S2. The van der Waals surface area contributed by atoms with Gasteiger partial charge in [0.2, 0.25) is 5.91 Å². The lowest BCUT2D eigenvalue weighted by Crippen LogP contribution is -2.31. The maximum absolute atomic E-state index is 13.2. The van der Waals surface area contributed by atoms with Crippen molar-refractivity contribution < 1.29 is 4.79 Å². The molecule has 1 atom stereocenters. The summed E-state index contributed by atoms with van der Waals surface area (Å²) >= 11 is 3.01. The number of thiophene rings is 1. The molecule has 4 rings (SSSR count). The molecule has 1 N–H and O–H groups in total. The van der Waals surface area contributed by atoms with Gasteiger partial charge >= 0.3 is 0 Å². The van der Waals surface area contributed by atoms with Gasteiger partial charge in [-0.25, -0.2) is 4.98 Å². The zero-order valence-corrected chi connectivity index (χ0v) is 18.4. The van der Waals surface area contributed by atoms with Gasteiger partial charge in [0, 0.05) is 18.0 Å². The number of hydrogen-bond acceptors (Lipinski definition) is 5. The average molecular weight is 428 g/mol. The highest BCUT2D eigenvalue weighted by Gasteiger charge is 2.23. The van der Waals surface area contributed by atoms with Crippen molar-refractivity contribution >= 4 is 39.2 Å². The van der Waals surface area contributed by atoms with Crippen LogP contribution >= 0.6 is 23.1 Å². The predicted octanol–water partition coefficient (Wildman–Crippen LogP) is 4.15. The van der Waals surface area contributed by atoms with Crippen LogP contribution in [-0.4, -0.2) is 20.7 Å². The Bertz CT molecular complexity index is 1090. The molecular weight excluding hydrogens is 402 g/mol. The normalized spacial score (nSPS) is 14.6. The Balaban J connectivity index is 1.56. The van der Waals surface area contributed by atoms with E-state index in [0.29, 0.717) is 18.2 Å². The number of thioether (sulfide) groups is 1. The molecule has 0 fully saturated rings. The Kier molecular flexibility index (Phi) is 6.06. The van der Waals surface area contributed by atoms with Crippen LogP contribution in [0.25, 0.3) is 10.2 Å². The summed E-state index contributed by atoms with van der Waals surface area (Å²) in [6, 6.07) is 9.85. The summed E-state index contributed by atoms with van der Waals surface area (Å²) in [6.07, 6.45) is 4.34. The molecule has 5 nitrogen and oxygen atoms in total. The van der Waals surface area contributed by atoms with E-state index in [0.717, 1.165) is 35.0 Å².